The van der Waals surface area contributed by atoms with Crippen molar-refractivity contribution in [2.45, 2.75) is 75.9 Å². The normalized spacial score (nSPS) is 18.2. The number of rotatable bonds is 15. The number of hydrogen-bond acceptors (Lipinski definition) is 6. The largest absolute Gasteiger partial charge is 0.274 e. The summed E-state index contributed by atoms with van der Waals surface area (Å²) in [6.45, 7) is 10.2. The maximum atomic E-state index is 2.85. The average Bonchev–Trinajstić information content (AvgIpc) is 4.01. The molecule has 6 atom stereocenters. The minimum absolute atomic E-state index is 0.347. The van der Waals surface area contributed by atoms with Gasteiger partial charge in [0.05, 0.1) is 20.0 Å². The van der Waals surface area contributed by atoms with Crippen molar-refractivity contribution in [3.05, 3.63) is 175 Å². The Morgan fingerprint density at radius 2 is 0.667 bits per heavy atom. The highest BCUT2D eigenvalue weighted by Gasteiger charge is 2.40. The van der Waals surface area contributed by atoms with Crippen LogP contribution in [-0.4, -0.2) is 52.8 Å². The van der Waals surface area contributed by atoms with Gasteiger partial charge in [0.2, 0.25) is 0 Å². The predicted octanol–water partition coefficient (Wildman–Crippen LogP) is 11.2. The van der Waals surface area contributed by atoms with Gasteiger partial charge in [-0.3, -0.25) is 14.7 Å². The van der Waals surface area contributed by atoms with E-state index in [0.29, 0.717) is 35.9 Å². The Hall–Kier alpha value is -3.36. The molecule has 0 aliphatic carbocycles. The van der Waals surface area contributed by atoms with E-state index in [-0.39, 0.29) is 0 Å². The molecule has 0 saturated carbocycles. The molecular weight excluding hydrogens is 679 g/mol. The summed E-state index contributed by atoms with van der Waals surface area (Å²) in [5, 5.41) is 6.74. The fourth-order valence-corrected chi connectivity index (χ4v) is 10.6. The molecule has 3 nitrogen and oxygen atoms in total. The van der Waals surface area contributed by atoms with Crippen LogP contribution in [0, 0.1) is 0 Å². The molecule has 264 valence electrons. The molecule has 1 saturated heterocycles. The summed E-state index contributed by atoms with van der Waals surface area (Å²) < 4.78 is 0. The highest BCUT2D eigenvalue weighted by Crippen LogP contribution is 2.37. The lowest BCUT2D eigenvalue weighted by Crippen LogP contribution is -2.64. The van der Waals surface area contributed by atoms with Crippen molar-refractivity contribution in [1.29, 1.82) is 0 Å². The van der Waals surface area contributed by atoms with E-state index in [2.05, 4.69) is 179 Å². The van der Waals surface area contributed by atoms with Crippen LogP contribution in [0.4, 0.5) is 0 Å². The predicted molar refractivity (Wildman–Crippen MR) is 220 cm³/mol. The number of hydrogen-bond donors (Lipinski definition) is 0. The van der Waals surface area contributed by atoms with E-state index in [9.17, 15) is 0 Å². The molecule has 3 aromatic carbocycles. The molecule has 4 heterocycles. The second-order valence-corrected chi connectivity index (χ2v) is 17.3. The summed E-state index contributed by atoms with van der Waals surface area (Å²) in [4.78, 5) is 13.0. The SMILES string of the molecule is CC(c1cccs1)C(Cc1ccccc1)N1CN(C(Cc2ccccc2)C(C)c2cccs2)CN(C(Cc2ccccc2)C(C)c2cccs2)C1. The van der Waals surface area contributed by atoms with Crippen LogP contribution in [0.15, 0.2) is 144 Å². The first-order valence-corrected chi connectivity index (χ1v) is 21.1. The van der Waals surface area contributed by atoms with E-state index >= 15 is 0 Å². The second-order valence-electron chi connectivity index (χ2n) is 14.4. The summed E-state index contributed by atoms with van der Waals surface area (Å²) in [6.07, 6.45) is 3.07. The quantitative estimate of drug-likeness (QED) is 0.104. The minimum Gasteiger partial charge on any atom is -0.274 e. The van der Waals surface area contributed by atoms with Gasteiger partial charge in [0.15, 0.2) is 0 Å². The lowest BCUT2D eigenvalue weighted by Gasteiger charge is -2.53. The first-order chi connectivity index (χ1) is 25.0. The number of nitrogens with zero attached hydrogens (tertiary/aromatic N) is 3. The third-order valence-corrected chi connectivity index (χ3v) is 14.3. The van der Waals surface area contributed by atoms with Crippen molar-refractivity contribution >= 4 is 34.0 Å². The molecule has 1 aliphatic rings. The Kier molecular flexibility index (Phi) is 12.3. The van der Waals surface area contributed by atoms with Crippen molar-refractivity contribution < 1.29 is 0 Å². The standard InChI is InChI=1S/C45H51N3S3/c1-34(43-22-13-25-49-43)40(28-37-16-7-4-8-17-37)46-31-47(41(29-38-18-9-5-10-19-38)35(2)44-23-14-26-50-44)33-48(32-46)42(30-39-20-11-6-12-21-39)36(3)45-24-15-27-51-45/h4-27,34-36,40-42H,28-33H2,1-3H3. The maximum Gasteiger partial charge on any atom is 0.0536 e. The van der Waals surface area contributed by atoms with Crippen LogP contribution in [-0.2, 0) is 19.3 Å². The van der Waals surface area contributed by atoms with Crippen LogP contribution in [0.2, 0.25) is 0 Å². The molecule has 51 heavy (non-hydrogen) atoms. The molecule has 6 unspecified atom stereocenters. The molecule has 6 aromatic rings. The van der Waals surface area contributed by atoms with E-state index in [0.717, 1.165) is 39.3 Å². The number of thiophene rings is 3. The van der Waals surface area contributed by atoms with Crippen LogP contribution in [0.25, 0.3) is 0 Å². The molecular formula is C45H51N3S3. The van der Waals surface area contributed by atoms with Crippen LogP contribution >= 0.6 is 34.0 Å². The number of benzene rings is 3. The Bertz CT molecular complexity index is 1600. The van der Waals surface area contributed by atoms with E-state index in [1.54, 1.807) is 0 Å². The minimum atomic E-state index is 0.347. The van der Waals surface area contributed by atoms with Gasteiger partial charge in [-0.1, -0.05) is 130 Å². The van der Waals surface area contributed by atoms with Gasteiger partial charge in [-0.2, -0.15) is 0 Å². The Balaban J connectivity index is 1.31. The highest BCUT2D eigenvalue weighted by atomic mass is 32.1. The zero-order chi connectivity index (χ0) is 35.0. The third-order valence-electron chi connectivity index (χ3n) is 11.1. The van der Waals surface area contributed by atoms with E-state index < -0.39 is 0 Å². The van der Waals surface area contributed by atoms with Crippen molar-refractivity contribution in [3.63, 3.8) is 0 Å². The van der Waals surface area contributed by atoms with Gasteiger partial charge in [0.25, 0.3) is 0 Å². The molecule has 0 N–H and O–H groups in total. The lowest BCUT2D eigenvalue weighted by atomic mass is 9.89. The van der Waals surface area contributed by atoms with E-state index in [1.807, 2.05) is 34.0 Å². The highest BCUT2D eigenvalue weighted by molar-refractivity contribution is 7.10. The van der Waals surface area contributed by atoms with Gasteiger partial charge < -0.3 is 0 Å². The van der Waals surface area contributed by atoms with Crippen LogP contribution < -0.4 is 0 Å². The monoisotopic (exact) mass is 729 g/mol. The summed E-state index contributed by atoms with van der Waals surface area (Å²) in [5.41, 5.74) is 4.24. The van der Waals surface area contributed by atoms with Gasteiger partial charge in [0.1, 0.15) is 0 Å². The molecule has 0 spiro atoms. The molecule has 3 aromatic heterocycles. The van der Waals surface area contributed by atoms with Crippen LogP contribution in [0.3, 0.4) is 0 Å². The fourth-order valence-electron chi connectivity index (χ4n) is 8.12. The zero-order valence-corrected chi connectivity index (χ0v) is 32.6. The average molecular weight is 730 g/mol. The Morgan fingerprint density at radius 3 is 0.902 bits per heavy atom. The fraction of sp³-hybridized carbons (Fsp3) is 0.333. The van der Waals surface area contributed by atoms with Gasteiger partial charge >= 0.3 is 0 Å². The smallest absolute Gasteiger partial charge is 0.0536 e. The van der Waals surface area contributed by atoms with Crippen molar-refractivity contribution in [3.8, 4) is 0 Å². The maximum absolute atomic E-state index is 2.85. The van der Waals surface area contributed by atoms with E-state index in [4.69, 9.17) is 0 Å². The summed E-state index contributed by atoms with van der Waals surface area (Å²) in [6, 6.07) is 48.3. The molecule has 1 aliphatic heterocycles. The first-order valence-electron chi connectivity index (χ1n) is 18.5. The third kappa shape index (κ3) is 9.00. The van der Waals surface area contributed by atoms with Crippen molar-refractivity contribution in [1.82, 2.24) is 14.7 Å². The summed E-state index contributed by atoms with van der Waals surface area (Å²) in [7, 11) is 0. The van der Waals surface area contributed by atoms with E-state index in [1.165, 1.54) is 31.3 Å². The Morgan fingerprint density at radius 1 is 0.392 bits per heavy atom. The van der Waals surface area contributed by atoms with Gasteiger partial charge in [0, 0.05) is 50.5 Å². The molecule has 0 bridgehead atoms. The molecule has 1 fully saturated rings. The van der Waals surface area contributed by atoms with Crippen molar-refractivity contribution in [2.75, 3.05) is 20.0 Å². The topological polar surface area (TPSA) is 9.72 Å². The molecule has 0 amide bonds. The van der Waals surface area contributed by atoms with Gasteiger partial charge in [-0.15, -0.1) is 34.0 Å². The summed E-state index contributed by atoms with van der Waals surface area (Å²) in [5.74, 6) is 1.20. The first kappa shape index (κ1) is 36.0. The molecule has 6 heteroatoms. The van der Waals surface area contributed by atoms with Gasteiger partial charge in [-0.25, -0.2) is 0 Å². The van der Waals surface area contributed by atoms with Crippen molar-refractivity contribution in [2.24, 2.45) is 0 Å². The second kappa shape index (κ2) is 17.4. The summed E-state index contributed by atoms with van der Waals surface area (Å²) >= 11 is 5.72. The van der Waals surface area contributed by atoms with Gasteiger partial charge in [-0.05, 0) is 70.3 Å². The van der Waals surface area contributed by atoms with Crippen LogP contribution in [0.5, 0.6) is 0 Å². The van der Waals surface area contributed by atoms with Crippen LogP contribution in [0.1, 0.15) is 69.8 Å². The Labute approximate surface area is 317 Å². The molecule has 7 rings (SSSR count). The molecule has 0 radical (unpaired) electrons. The zero-order valence-electron chi connectivity index (χ0n) is 30.1. The lowest BCUT2D eigenvalue weighted by molar-refractivity contribution is -0.0945.